The lowest BCUT2D eigenvalue weighted by Crippen LogP contribution is -2.31. The third-order valence-corrected chi connectivity index (χ3v) is 8.41. The summed E-state index contributed by atoms with van der Waals surface area (Å²) >= 11 is 0.747. The maximum Gasteiger partial charge on any atom is 0.416 e. The van der Waals surface area contributed by atoms with E-state index in [1.807, 2.05) is 0 Å². The molecule has 0 saturated carbocycles. The summed E-state index contributed by atoms with van der Waals surface area (Å²) in [6.45, 7) is -0.321. The first kappa shape index (κ1) is 31.4. The summed E-state index contributed by atoms with van der Waals surface area (Å²) in [5.74, 6) is -0.491. The number of nitrogens with zero attached hydrogens (tertiary/aromatic N) is 4. The highest BCUT2D eigenvalue weighted by Gasteiger charge is 2.37. The molecule has 0 unspecified atom stereocenters. The molecule has 43 heavy (non-hydrogen) atoms. The molecular formula is C26H18F6N4O5S2. The van der Waals surface area contributed by atoms with Crippen LogP contribution in [-0.4, -0.2) is 32.0 Å². The number of methoxy groups -OCH3 is 2. The molecule has 0 amide bonds. The standard InChI is InChI=1S/C26H18F6N4O5S2/c1-39-19-4-3-15(22(11-19)40-2)13-36(24-34-14-35-42-24)43(37,38)23-6-5-20(7-16(23)12-33)41-21-9-17(25(27,28)29)8-18(10-21)26(30,31)32/h3-11,14H,13H2,1-2H3. The number of nitriles is 1. The normalized spacial score (nSPS) is 12.0. The lowest BCUT2D eigenvalue weighted by Gasteiger charge is -2.23. The van der Waals surface area contributed by atoms with Gasteiger partial charge in [-0.3, -0.25) is 0 Å². The second-order valence-corrected chi connectivity index (χ2v) is 11.1. The molecule has 0 aliphatic heterocycles. The number of rotatable bonds is 9. The van der Waals surface area contributed by atoms with E-state index in [2.05, 4.69) is 9.36 Å². The number of halogens is 6. The molecule has 0 aliphatic carbocycles. The molecule has 4 rings (SSSR count). The zero-order valence-electron chi connectivity index (χ0n) is 21.9. The highest BCUT2D eigenvalue weighted by atomic mass is 32.2. The van der Waals surface area contributed by atoms with Crippen LogP contribution in [0, 0.1) is 11.3 Å². The van der Waals surface area contributed by atoms with E-state index in [1.54, 1.807) is 18.2 Å². The van der Waals surface area contributed by atoms with Gasteiger partial charge in [-0.25, -0.2) is 17.7 Å². The van der Waals surface area contributed by atoms with Gasteiger partial charge >= 0.3 is 12.4 Å². The van der Waals surface area contributed by atoms with Crippen LogP contribution in [0.3, 0.4) is 0 Å². The first-order chi connectivity index (χ1) is 20.2. The fourth-order valence-electron chi connectivity index (χ4n) is 3.79. The van der Waals surface area contributed by atoms with Crippen LogP contribution in [-0.2, 0) is 28.9 Å². The molecule has 0 saturated heterocycles. The van der Waals surface area contributed by atoms with E-state index in [4.69, 9.17) is 14.2 Å². The van der Waals surface area contributed by atoms with Gasteiger partial charge in [0.2, 0.25) is 5.13 Å². The second-order valence-electron chi connectivity index (χ2n) is 8.53. The Hall–Kier alpha value is -4.56. The third-order valence-electron chi connectivity index (χ3n) is 5.81. The maximum atomic E-state index is 13.9. The van der Waals surface area contributed by atoms with Crippen LogP contribution in [0.2, 0.25) is 0 Å². The smallest absolute Gasteiger partial charge is 0.416 e. The molecule has 9 nitrogen and oxygen atoms in total. The van der Waals surface area contributed by atoms with Crippen molar-refractivity contribution in [3.8, 4) is 29.1 Å². The molecule has 0 N–H and O–H groups in total. The minimum absolute atomic E-state index is 0.0641. The quantitative estimate of drug-likeness (QED) is 0.186. The summed E-state index contributed by atoms with van der Waals surface area (Å²) in [5.41, 5.74) is -3.33. The van der Waals surface area contributed by atoms with Crippen molar-refractivity contribution in [2.45, 2.75) is 23.8 Å². The molecule has 1 aromatic heterocycles. The number of alkyl halides is 6. The first-order valence-corrected chi connectivity index (χ1v) is 13.9. The van der Waals surface area contributed by atoms with E-state index >= 15 is 0 Å². The van der Waals surface area contributed by atoms with Crippen molar-refractivity contribution in [2.75, 3.05) is 18.5 Å². The summed E-state index contributed by atoms with van der Waals surface area (Å²) < 4.78 is 128. The first-order valence-electron chi connectivity index (χ1n) is 11.7. The van der Waals surface area contributed by atoms with Crippen LogP contribution in [0.15, 0.2) is 65.8 Å². The fraction of sp³-hybridized carbons (Fsp3) is 0.192. The Balaban J connectivity index is 1.74. The average Bonchev–Trinajstić information content (AvgIpc) is 3.49. The Labute approximate surface area is 244 Å². The van der Waals surface area contributed by atoms with E-state index in [-0.39, 0.29) is 29.2 Å². The highest BCUT2D eigenvalue weighted by Crippen LogP contribution is 2.40. The number of hydrogen-bond acceptors (Lipinski definition) is 9. The van der Waals surface area contributed by atoms with Crippen LogP contribution >= 0.6 is 11.5 Å². The number of sulfonamides is 1. The van der Waals surface area contributed by atoms with Crippen molar-refractivity contribution in [3.05, 3.63) is 83.2 Å². The van der Waals surface area contributed by atoms with Gasteiger partial charge in [-0.05, 0) is 48.5 Å². The van der Waals surface area contributed by atoms with Gasteiger partial charge in [-0.1, -0.05) is 0 Å². The maximum absolute atomic E-state index is 13.9. The summed E-state index contributed by atoms with van der Waals surface area (Å²) in [6, 6.07) is 9.81. The summed E-state index contributed by atoms with van der Waals surface area (Å²) in [5, 5.41) is 9.71. The minimum Gasteiger partial charge on any atom is -0.497 e. The lowest BCUT2D eigenvalue weighted by molar-refractivity contribution is -0.143. The second kappa shape index (κ2) is 12.0. The number of aromatic nitrogens is 2. The zero-order chi connectivity index (χ0) is 31.6. The molecule has 0 bridgehead atoms. The van der Waals surface area contributed by atoms with Crippen molar-refractivity contribution in [2.24, 2.45) is 0 Å². The van der Waals surface area contributed by atoms with Crippen LogP contribution in [0.5, 0.6) is 23.0 Å². The van der Waals surface area contributed by atoms with Crippen LogP contribution in [0.1, 0.15) is 22.3 Å². The molecule has 0 spiro atoms. The topological polar surface area (TPSA) is 115 Å². The number of anilines is 1. The molecule has 1 heterocycles. The molecule has 3 aromatic carbocycles. The zero-order valence-corrected chi connectivity index (χ0v) is 23.5. The van der Waals surface area contributed by atoms with Crippen molar-refractivity contribution in [1.82, 2.24) is 9.36 Å². The molecule has 17 heteroatoms. The molecule has 0 aliphatic rings. The Kier molecular flexibility index (Phi) is 8.74. The van der Waals surface area contributed by atoms with Gasteiger partial charge < -0.3 is 14.2 Å². The van der Waals surface area contributed by atoms with E-state index in [1.165, 1.54) is 20.3 Å². The molecule has 0 radical (unpaired) electrons. The van der Waals surface area contributed by atoms with Crippen molar-refractivity contribution >= 4 is 26.7 Å². The number of hydrogen-bond donors (Lipinski definition) is 0. The van der Waals surface area contributed by atoms with Gasteiger partial charge in [-0.15, -0.1) is 0 Å². The van der Waals surface area contributed by atoms with Gasteiger partial charge in [0.25, 0.3) is 10.0 Å². The lowest BCUT2D eigenvalue weighted by atomic mass is 10.1. The fourth-order valence-corrected chi connectivity index (χ4v) is 6.05. The SMILES string of the molecule is COc1ccc(CN(c2ncns2)S(=O)(=O)c2ccc(Oc3cc(C(F)(F)F)cc(C(F)(F)F)c3)cc2C#N)c(OC)c1. The Bertz CT molecular complexity index is 1740. The molecule has 0 atom stereocenters. The summed E-state index contributed by atoms with van der Waals surface area (Å²) in [4.78, 5) is 3.44. The van der Waals surface area contributed by atoms with Crippen LogP contribution in [0.25, 0.3) is 0 Å². The molecular weight excluding hydrogens is 626 g/mol. The van der Waals surface area contributed by atoms with Gasteiger partial charge in [0.05, 0.1) is 37.5 Å². The summed E-state index contributed by atoms with van der Waals surface area (Å²) in [6.07, 6.45) is -9.11. The number of benzene rings is 3. The predicted octanol–water partition coefficient (Wildman–Crippen LogP) is 6.65. The van der Waals surface area contributed by atoms with E-state index < -0.39 is 49.7 Å². The van der Waals surface area contributed by atoms with Gasteiger partial charge in [0, 0.05) is 23.2 Å². The van der Waals surface area contributed by atoms with Crippen LogP contribution in [0.4, 0.5) is 31.5 Å². The van der Waals surface area contributed by atoms with E-state index in [0.29, 0.717) is 23.4 Å². The van der Waals surface area contributed by atoms with Crippen molar-refractivity contribution in [3.63, 3.8) is 0 Å². The summed E-state index contributed by atoms with van der Waals surface area (Å²) in [7, 11) is -1.76. The third kappa shape index (κ3) is 6.92. The van der Waals surface area contributed by atoms with Gasteiger partial charge in [-0.2, -0.15) is 36.0 Å². The average molecular weight is 645 g/mol. The van der Waals surface area contributed by atoms with Crippen molar-refractivity contribution < 1.29 is 49.0 Å². The molecule has 226 valence electrons. The Morgan fingerprint density at radius 3 is 2.07 bits per heavy atom. The Morgan fingerprint density at radius 2 is 1.53 bits per heavy atom. The highest BCUT2D eigenvalue weighted by molar-refractivity contribution is 7.93. The van der Waals surface area contributed by atoms with Gasteiger partial charge in [0.1, 0.15) is 40.3 Å². The Morgan fingerprint density at radius 1 is 0.884 bits per heavy atom. The molecule has 4 aromatic rings. The largest absolute Gasteiger partial charge is 0.497 e. The van der Waals surface area contributed by atoms with E-state index in [9.17, 15) is 40.0 Å². The van der Waals surface area contributed by atoms with Crippen LogP contribution < -0.4 is 18.5 Å². The van der Waals surface area contributed by atoms with Gasteiger partial charge in [0.15, 0.2) is 0 Å². The monoisotopic (exact) mass is 644 g/mol. The van der Waals surface area contributed by atoms with Crippen molar-refractivity contribution in [1.29, 1.82) is 5.26 Å². The molecule has 0 fully saturated rings. The predicted molar refractivity (Wildman–Crippen MR) is 141 cm³/mol. The number of ether oxygens (including phenoxy) is 3. The van der Waals surface area contributed by atoms with E-state index in [0.717, 1.165) is 40.4 Å². The minimum atomic E-state index is -5.12.